The van der Waals surface area contributed by atoms with Crippen molar-refractivity contribution in [2.24, 2.45) is 21.8 Å². The van der Waals surface area contributed by atoms with Crippen molar-refractivity contribution in [1.82, 2.24) is 0 Å². The fourth-order valence-corrected chi connectivity index (χ4v) is 3.86. The smallest absolute Gasteiger partial charge is 0.379 e. The van der Waals surface area contributed by atoms with Gasteiger partial charge in [-0.25, -0.2) is 20.1 Å². The fourth-order valence-electron chi connectivity index (χ4n) is 2.79. The van der Waals surface area contributed by atoms with Crippen molar-refractivity contribution in [3.05, 3.63) is 0 Å². The van der Waals surface area contributed by atoms with Gasteiger partial charge in [-0.3, -0.25) is 9.05 Å². The van der Waals surface area contributed by atoms with Gasteiger partial charge in [0.25, 0.3) is 0 Å². The second-order valence-corrected chi connectivity index (χ2v) is 12.3. The third-order valence-corrected chi connectivity index (χ3v) is 5.69. The van der Waals surface area contributed by atoms with E-state index in [2.05, 4.69) is 0 Å². The van der Waals surface area contributed by atoms with Crippen molar-refractivity contribution < 1.29 is 37.4 Å². The summed E-state index contributed by atoms with van der Waals surface area (Å²) in [7, 11) is -7.82. The first-order chi connectivity index (χ1) is 14.1. The molecule has 0 fully saturated rings. The van der Waals surface area contributed by atoms with Crippen molar-refractivity contribution in [3.8, 4) is 0 Å². The highest BCUT2D eigenvalue weighted by Crippen LogP contribution is 2.36. The van der Waals surface area contributed by atoms with Gasteiger partial charge in [-0.1, -0.05) is 47.0 Å². The monoisotopic (exact) mass is 490 g/mol. The SMILES string of the molecule is CC(C)(CCCCCOCCOCCCCC(C)(C)COP(N)(=O)O)COP(N)(=O)O. The topological polar surface area (TPSA) is 164 Å². The lowest BCUT2D eigenvalue weighted by Gasteiger charge is -2.24. The molecule has 188 valence electrons. The molecule has 0 amide bonds. The normalized spacial score (nSPS) is 16.8. The van der Waals surface area contributed by atoms with E-state index >= 15 is 0 Å². The van der Waals surface area contributed by atoms with Gasteiger partial charge in [0.15, 0.2) is 0 Å². The second kappa shape index (κ2) is 15.1. The van der Waals surface area contributed by atoms with E-state index in [1.54, 1.807) is 0 Å². The molecule has 0 aliphatic rings. The minimum atomic E-state index is -3.91. The summed E-state index contributed by atoms with van der Waals surface area (Å²) in [5.74, 6) is 0. The minimum absolute atomic E-state index is 0.149. The minimum Gasteiger partial charge on any atom is -0.379 e. The Bertz CT molecular complexity index is 515. The standard InChI is InChI=1S/C19H44N2O8P2/c1-18(2,16-28-30(20,22)23)10-6-5-8-12-26-14-15-27-13-9-7-11-19(3,4)17-29-31(21,24)25/h5-17H2,1-4H3,(H3,20,22,23)(H3,21,24,25). The lowest BCUT2D eigenvalue weighted by atomic mass is 9.88. The van der Waals surface area contributed by atoms with Gasteiger partial charge in [-0.05, 0) is 36.5 Å². The van der Waals surface area contributed by atoms with Crippen molar-refractivity contribution in [2.75, 3.05) is 39.6 Å². The largest absolute Gasteiger partial charge is 0.400 e. The molecule has 0 aromatic carbocycles. The van der Waals surface area contributed by atoms with E-state index in [9.17, 15) is 9.13 Å². The van der Waals surface area contributed by atoms with Crippen LogP contribution in [0.25, 0.3) is 0 Å². The Morgan fingerprint density at radius 2 is 1.00 bits per heavy atom. The number of hydrogen-bond donors (Lipinski definition) is 4. The Morgan fingerprint density at radius 1 is 0.645 bits per heavy atom. The van der Waals surface area contributed by atoms with E-state index < -0.39 is 15.5 Å². The summed E-state index contributed by atoms with van der Waals surface area (Å²) in [4.78, 5) is 18.0. The van der Waals surface area contributed by atoms with Crippen molar-refractivity contribution in [3.63, 3.8) is 0 Å². The van der Waals surface area contributed by atoms with Crippen molar-refractivity contribution in [2.45, 2.75) is 72.6 Å². The molecule has 10 nitrogen and oxygen atoms in total. The third kappa shape index (κ3) is 23.1. The molecule has 0 aromatic heterocycles. The molecular formula is C19H44N2O8P2. The number of rotatable bonds is 20. The molecule has 0 aliphatic carbocycles. The van der Waals surface area contributed by atoms with Gasteiger partial charge in [0, 0.05) is 13.2 Å². The molecule has 12 heteroatoms. The molecule has 2 atom stereocenters. The van der Waals surface area contributed by atoms with Crippen molar-refractivity contribution >= 4 is 15.5 Å². The summed E-state index contributed by atoms with van der Waals surface area (Å²) in [6, 6.07) is 0. The van der Waals surface area contributed by atoms with E-state index in [0.29, 0.717) is 26.4 Å². The Balaban J connectivity index is 3.51. The molecule has 0 bridgehead atoms. The zero-order chi connectivity index (χ0) is 24.0. The van der Waals surface area contributed by atoms with Crippen LogP contribution in [0.4, 0.5) is 0 Å². The van der Waals surface area contributed by atoms with Crippen LogP contribution in [0.15, 0.2) is 0 Å². The average Bonchev–Trinajstić information content (AvgIpc) is 2.61. The van der Waals surface area contributed by atoms with Gasteiger partial charge in [-0.2, -0.15) is 0 Å². The Labute approximate surface area is 187 Å². The first-order valence-corrected chi connectivity index (χ1v) is 14.1. The maximum absolute atomic E-state index is 11.0. The predicted octanol–water partition coefficient (Wildman–Crippen LogP) is 3.95. The highest BCUT2D eigenvalue weighted by atomic mass is 31.2. The van der Waals surface area contributed by atoms with Crippen LogP contribution in [0.1, 0.15) is 72.6 Å². The van der Waals surface area contributed by atoms with Crippen LogP contribution in [0.3, 0.4) is 0 Å². The van der Waals surface area contributed by atoms with Gasteiger partial charge >= 0.3 is 15.5 Å². The lowest BCUT2D eigenvalue weighted by molar-refractivity contribution is 0.0433. The third-order valence-electron chi connectivity index (χ3n) is 4.69. The highest BCUT2D eigenvalue weighted by Gasteiger charge is 2.23. The van der Waals surface area contributed by atoms with Gasteiger partial charge in [0.05, 0.1) is 26.4 Å². The molecule has 0 rings (SSSR count). The molecule has 2 unspecified atom stereocenters. The maximum Gasteiger partial charge on any atom is 0.400 e. The van der Waals surface area contributed by atoms with E-state index in [0.717, 1.165) is 44.9 Å². The molecule has 0 radical (unpaired) electrons. The number of unbranched alkanes of at least 4 members (excludes halogenated alkanes) is 3. The summed E-state index contributed by atoms with van der Waals surface area (Å²) in [6.07, 6.45) is 6.51. The molecule has 0 saturated heterocycles. The molecule has 6 N–H and O–H groups in total. The zero-order valence-electron chi connectivity index (χ0n) is 19.6. The number of ether oxygens (including phenoxy) is 2. The molecule has 0 aliphatic heterocycles. The van der Waals surface area contributed by atoms with Gasteiger partial charge in [0.1, 0.15) is 0 Å². The lowest BCUT2D eigenvalue weighted by Crippen LogP contribution is -2.20. The Kier molecular flexibility index (Phi) is 15.2. The van der Waals surface area contributed by atoms with Crippen LogP contribution >= 0.6 is 15.5 Å². The van der Waals surface area contributed by atoms with Gasteiger partial charge in [-0.15, -0.1) is 0 Å². The molecule has 31 heavy (non-hydrogen) atoms. The number of nitrogens with two attached hydrogens (primary N) is 2. The van der Waals surface area contributed by atoms with Crippen LogP contribution in [0.5, 0.6) is 0 Å². The van der Waals surface area contributed by atoms with Crippen LogP contribution in [0, 0.1) is 10.8 Å². The Hall–Kier alpha value is 0.140. The summed E-state index contributed by atoms with van der Waals surface area (Å²) in [5, 5.41) is 0. The molecule has 0 heterocycles. The van der Waals surface area contributed by atoms with Crippen molar-refractivity contribution in [1.29, 1.82) is 0 Å². The van der Waals surface area contributed by atoms with Crippen LogP contribution in [0.2, 0.25) is 0 Å². The maximum atomic E-state index is 11.0. The van der Waals surface area contributed by atoms with E-state index in [-0.39, 0.29) is 24.0 Å². The Morgan fingerprint density at radius 3 is 1.39 bits per heavy atom. The fraction of sp³-hybridized carbons (Fsp3) is 1.00. The first-order valence-electron chi connectivity index (χ1n) is 10.8. The van der Waals surface area contributed by atoms with Crippen LogP contribution < -0.4 is 11.0 Å². The van der Waals surface area contributed by atoms with E-state index in [1.807, 2.05) is 27.7 Å². The summed E-state index contributed by atoms with van der Waals surface area (Å²) in [5.41, 5.74) is 9.57. The highest BCUT2D eigenvalue weighted by molar-refractivity contribution is 7.50. The van der Waals surface area contributed by atoms with Gasteiger partial charge < -0.3 is 19.3 Å². The summed E-state index contributed by atoms with van der Waals surface area (Å²) >= 11 is 0. The zero-order valence-corrected chi connectivity index (χ0v) is 21.4. The van der Waals surface area contributed by atoms with E-state index in [1.165, 1.54) is 0 Å². The summed E-state index contributed by atoms with van der Waals surface area (Å²) in [6.45, 7) is 10.7. The summed E-state index contributed by atoms with van der Waals surface area (Å²) < 4.78 is 42.7. The quantitative estimate of drug-likeness (QED) is 0.145. The first kappa shape index (κ1) is 31.1. The second-order valence-electron chi connectivity index (χ2n) is 9.50. The average molecular weight is 491 g/mol. The number of hydrogen-bond acceptors (Lipinski definition) is 6. The molecule has 0 spiro atoms. The molecular weight excluding hydrogens is 446 g/mol. The van der Waals surface area contributed by atoms with Crippen LogP contribution in [-0.2, 0) is 27.7 Å². The predicted molar refractivity (Wildman–Crippen MR) is 121 cm³/mol. The molecule has 0 saturated carbocycles. The molecule has 0 aromatic rings. The van der Waals surface area contributed by atoms with Gasteiger partial charge in [0.2, 0.25) is 0 Å². The van der Waals surface area contributed by atoms with E-state index in [4.69, 9.17) is 39.3 Å². The van der Waals surface area contributed by atoms with Crippen LogP contribution in [-0.4, -0.2) is 49.4 Å².